The number of thiazole rings is 2. The highest BCUT2D eigenvalue weighted by Crippen LogP contribution is 2.34. The van der Waals surface area contributed by atoms with Crippen LogP contribution in [0.5, 0.6) is 0 Å². The highest BCUT2D eigenvalue weighted by molar-refractivity contribution is 7.93. The molecule has 318 valence electrons. The Bertz CT molecular complexity index is 3150. The summed E-state index contributed by atoms with van der Waals surface area (Å²) in [7, 11) is 1.94. The van der Waals surface area contributed by atoms with Gasteiger partial charge in [0, 0.05) is 108 Å². The second-order valence-electron chi connectivity index (χ2n) is 14.4. The molecule has 0 saturated carbocycles. The van der Waals surface area contributed by atoms with Gasteiger partial charge in [-0.1, -0.05) is 72.8 Å². The van der Waals surface area contributed by atoms with E-state index in [-0.39, 0.29) is 15.7 Å². The van der Waals surface area contributed by atoms with Crippen molar-refractivity contribution in [2.75, 3.05) is 65.1 Å². The maximum absolute atomic E-state index is 13.3. The lowest BCUT2D eigenvalue weighted by Crippen LogP contribution is -2.14. The van der Waals surface area contributed by atoms with Crippen LogP contribution < -0.4 is 29.9 Å². The fourth-order valence-corrected chi connectivity index (χ4v) is 10.8. The summed E-state index contributed by atoms with van der Waals surface area (Å²) >= 11 is 2.81. The summed E-state index contributed by atoms with van der Waals surface area (Å²) in [6, 6.07) is 36.2. The van der Waals surface area contributed by atoms with E-state index in [0.29, 0.717) is 33.0 Å². The van der Waals surface area contributed by atoms with Crippen molar-refractivity contribution in [1.29, 1.82) is 0 Å². The highest BCUT2D eigenvalue weighted by Gasteiger charge is 2.21. The lowest BCUT2D eigenvalue weighted by Gasteiger charge is -2.17. The third kappa shape index (κ3) is 9.66. The number of carbonyl (C=O) groups is 1. The smallest absolute Gasteiger partial charge is 0.262 e. The third-order valence-corrected chi connectivity index (χ3v) is 14.1. The Balaban J connectivity index is 0.000000187. The molecule has 4 N–H and O–H groups in total. The van der Waals surface area contributed by atoms with E-state index in [0.717, 1.165) is 44.1 Å². The van der Waals surface area contributed by atoms with Crippen molar-refractivity contribution in [1.82, 2.24) is 9.97 Å². The Kier molecular flexibility index (Phi) is 12.8. The van der Waals surface area contributed by atoms with Crippen LogP contribution in [0.15, 0.2) is 142 Å². The van der Waals surface area contributed by atoms with Crippen LogP contribution in [-0.2, 0) is 24.8 Å². The van der Waals surface area contributed by atoms with Gasteiger partial charge in [0.05, 0.1) is 21.2 Å². The molecule has 6 aromatic carbocycles. The molecule has 0 atom stereocenters. The summed E-state index contributed by atoms with van der Waals surface area (Å²) < 4.78 is 58.5. The molecule has 17 heteroatoms. The molecule has 8 rings (SSSR count). The average molecular weight is 905 g/mol. The van der Waals surface area contributed by atoms with Gasteiger partial charge in [-0.15, -0.1) is 22.7 Å². The lowest BCUT2D eigenvalue weighted by atomic mass is 10.1. The average Bonchev–Trinajstić information content (AvgIpc) is 3.93. The quantitative estimate of drug-likeness (QED) is 0.0928. The van der Waals surface area contributed by atoms with Crippen LogP contribution in [0.4, 0.5) is 33.0 Å². The highest BCUT2D eigenvalue weighted by atomic mass is 32.2. The number of hydrogen-bond donors (Lipinski definition) is 4. The van der Waals surface area contributed by atoms with Gasteiger partial charge >= 0.3 is 0 Å². The van der Waals surface area contributed by atoms with E-state index < -0.39 is 20.0 Å². The van der Waals surface area contributed by atoms with Gasteiger partial charge in [-0.2, -0.15) is 0 Å². The van der Waals surface area contributed by atoms with Crippen molar-refractivity contribution in [2.45, 2.75) is 16.7 Å². The van der Waals surface area contributed by atoms with Crippen LogP contribution >= 0.6 is 22.7 Å². The molecule has 0 fully saturated rings. The second-order valence-corrected chi connectivity index (χ2v) is 19.4. The number of nitrogens with zero attached hydrogens (tertiary/aromatic N) is 4. The third-order valence-electron chi connectivity index (χ3n) is 9.59. The molecule has 1 amide bonds. The van der Waals surface area contributed by atoms with Gasteiger partial charge in [0.2, 0.25) is 5.91 Å². The number of aromatic nitrogens is 2. The predicted molar refractivity (Wildman–Crippen MR) is 257 cm³/mol. The van der Waals surface area contributed by atoms with Crippen molar-refractivity contribution in [3.63, 3.8) is 0 Å². The normalized spacial score (nSPS) is 11.4. The zero-order valence-electron chi connectivity index (χ0n) is 34.7. The topological polar surface area (TPSA) is 166 Å². The van der Waals surface area contributed by atoms with Crippen LogP contribution in [0.3, 0.4) is 0 Å². The minimum Gasteiger partial charge on any atom is -0.377 e. The Morgan fingerprint density at radius 3 is 1.37 bits per heavy atom. The maximum atomic E-state index is 13.3. The van der Waals surface area contributed by atoms with Crippen LogP contribution in [0, 0.1) is 0 Å². The summed E-state index contributed by atoms with van der Waals surface area (Å²) in [6.45, 7) is 1.42. The van der Waals surface area contributed by atoms with Gasteiger partial charge in [-0.05, 0) is 48.5 Å². The number of sulfonamides is 2. The molecular weight excluding hydrogens is 861 g/mol. The van der Waals surface area contributed by atoms with E-state index in [1.165, 1.54) is 29.6 Å². The van der Waals surface area contributed by atoms with Crippen LogP contribution in [0.1, 0.15) is 6.92 Å². The molecule has 2 heterocycles. The number of amides is 1. The molecule has 0 aliphatic rings. The van der Waals surface area contributed by atoms with E-state index in [2.05, 4.69) is 30.0 Å². The van der Waals surface area contributed by atoms with Crippen molar-refractivity contribution in [3.8, 4) is 22.5 Å². The minimum absolute atomic E-state index is 0.195. The van der Waals surface area contributed by atoms with Crippen LogP contribution in [0.2, 0.25) is 0 Å². The zero-order chi connectivity index (χ0) is 44.2. The Morgan fingerprint density at radius 1 is 0.548 bits per heavy atom. The largest absolute Gasteiger partial charge is 0.377 e. The minimum atomic E-state index is -3.84. The van der Waals surface area contributed by atoms with E-state index in [4.69, 9.17) is 0 Å². The number of benzene rings is 6. The molecule has 8 aromatic rings. The molecular formula is C45H44N8O5S4. The number of nitrogens with one attached hydrogen (secondary N) is 4. The predicted octanol–water partition coefficient (Wildman–Crippen LogP) is 9.66. The first-order valence-electron chi connectivity index (χ1n) is 19.1. The SMILES string of the molecule is CC(=O)Nc1nc(-c2cccc(NS(=O)(=O)c3cccc4c(N(C)C)cccc34)c2)cs1.CNc1nc(-c2cccc(NS(=O)(=O)c3cccc4c(N(C)C)cccc34)c2)cs1. The van der Waals surface area contributed by atoms with Gasteiger partial charge in [-0.3, -0.25) is 14.2 Å². The van der Waals surface area contributed by atoms with E-state index in [1.54, 1.807) is 54.6 Å². The van der Waals surface area contributed by atoms with Crippen molar-refractivity contribution in [2.24, 2.45) is 0 Å². The summed E-state index contributed by atoms with van der Waals surface area (Å²) in [6.07, 6.45) is 0. The molecule has 13 nitrogen and oxygen atoms in total. The summed E-state index contributed by atoms with van der Waals surface area (Å²) in [5, 5.41) is 13.8. The lowest BCUT2D eigenvalue weighted by molar-refractivity contribution is -0.114. The van der Waals surface area contributed by atoms with Crippen molar-refractivity contribution < 1.29 is 21.6 Å². The first-order valence-corrected chi connectivity index (χ1v) is 23.9. The number of fused-ring (bicyclic) bond motifs is 2. The zero-order valence-corrected chi connectivity index (χ0v) is 37.9. The van der Waals surface area contributed by atoms with E-state index in [1.807, 2.05) is 123 Å². The monoisotopic (exact) mass is 904 g/mol. The molecule has 2 aromatic heterocycles. The van der Waals surface area contributed by atoms with Crippen LogP contribution in [-0.4, -0.2) is 67.9 Å². The number of hydrogen-bond acceptors (Lipinski definition) is 12. The van der Waals surface area contributed by atoms with Gasteiger partial charge in [0.1, 0.15) is 0 Å². The first-order chi connectivity index (χ1) is 29.6. The summed E-state index contributed by atoms with van der Waals surface area (Å²) in [5.41, 5.74) is 5.87. The number of rotatable bonds is 12. The Morgan fingerprint density at radius 2 is 0.952 bits per heavy atom. The maximum Gasteiger partial charge on any atom is 0.262 e. The molecule has 0 spiro atoms. The fraction of sp³-hybridized carbons (Fsp3) is 0.133. The van der Waals surface area contributed by atoms with Gasteiger partial charge in [-0.25, -0.2) is 26.8 Å². The Hall–Kier alpha value is -6.53. The van der Waals surface area contributed by atoms with Crippen LogP contribution in [0.25, 0.3) is 44.1 Å². The van der Waals surface area contributed by atoms with Gasteiger partial charge < -0.3 is 20.4 Å². The second kappa shape index (κ2) is 18.2. The molecule has 0 radical (unpaired) electrons. The van der Waals surface area contributed by atoms with Crippen molar-refractivity contribution in [3.05, 3.63) is 132 Å². The first kappa shape index (κ1) is 43.6. The molecule has 0 unspecified atom stereocenters. The van der Waals surface area contributed by atoms with Crippen molar-refractivity contribution >= 4 is 103 Å². The number of carbonyl (C=O) groups excluding carboxylic acids is 1. The van der Waals surface area contributed by atoms with Gasteiger partial charge in [0.15, 0.2) is 10.3 Å². The molecule has 62 heavy (non-hydrogen) atoms. The summed E-state index contributed by atoms with van der Waals surface area (Å²) in [5.74, 6) is -0.195. The molecule has 0 saturated heterocycles. The van der Waals surface area contributed by atoms with E-state index >= 15 is 0 Å². The molecule has 0 aliphatic heterocycles. The van der Waals surface area contributed by atoms with E-state index in [9.17, 15) is 21.6 Å². The fourth-order valence-electron chi connectivity index (χ4n) is 6.82. The summed E-state index contributed by atoms with van der Waals surface area (Å²) in [4.78, 5) is 24.5. The molecule has 0 bridgehead atoms. The Labute approximate surface area is 369 Å². The molecule has 0 aliphatic carbocycles. The standard InChI is InChI=1S/C23H22N4O3S2.C22H22N4O2S2/c1-15(28)24-23-25-20(14-31-23)16-7-4-8-17(13-16)26-32(29,30)22-12-6-9-18-19(22)10-5-11-21(18)27(2)3;1-23-22-24-19(14-29-22)15-7-4-8-16(13-15)25-30(27,28)21-12-6-9-17-18(21)10-5-11-20(17)26(2)3/h4-14,26H,1-3H3,(H,24,25,28);4-14,25H,1-3H3,(H,23,24). The number of anilines is 6. The van der Waals surface area contributed by atoms with Gasteiger partial charge in [0.25, 0.3) is 20.0 Å².